The van der Waals surface area contributed by atoms with E-state index in [2.05, 4.69) is 52.0 Å². The van der Waals surface area contributed by atoms with Crippen molar-refractivity contribution >= 4 is 0 Å². The minimum absolute atomic E-state index is 0. The monoisotopic (exact) mass is 206 g/mol. The highest BCUT2D eigenvalue weighted by Crippen LogP contribution is 2.27. The van der Waals surface area contributed by atoms with Crippen molar-refractivity contribution in [2.75, 3.05) is 0 Å². The van der Waals surface area contributed by atoms with Gasteiger partial charge in [-0.15, -0.1) is 0 Å². The molecule has 0 bridgehead atoms. The molecule has 0 aliphatic carbocycles. The van der Waals surface area contributed by atoms with E-state index in [1.165, 1.54) is 17.5 Å². The first-order valence-electron chi connectivity index (χ1n) is 5.77. The number of benzene rings is 1. The molecule has 0 aliphatic rings. The van der Waals surface area contributed by atoms with Gasteiger partial charge in [0.05, 0.1) is 0 Å². The lowest BCUT2D eigenvalue weighted by Crippen LogP contribution is -2.05. The second-order valence-electron chi connectivity index (χ2n) is 4.35. The molecule has 0 N–H and O–H groups in total. The Kier molecular flexibility index (Phi) is 6.31. The molecule has 0 heterocycles. The van der Waals surface area contributed by atoms with Crippen LogP contribution in [0.5, 0.6) is 0 Å². The normalized spacial score (nSPS) is 12.3. The molecule has 0 radical (unpaired) electrons. The minimum atomic E-state index is 0. The maximum absolute atomic E-state index is 2.31. The highest BCUT2D eigenvalue weighted by atomic mass is 14.2. The fraction of sp³-hybridized carbons (Fsp3) is 0.600. The standard InChI is InChI=1S/C14H22.CH4/c1-5-12-7-9-13(10-8-12)14(6-2)11(3)4;/h7-11,14H,5-6H2,1-4H3;1H4. The Morgan fingerprint density at radius 2 is 1.53 bits per heavy atom. The van der Waals surface area contributed by atoms with Crippen LogP contribution in [0.1, 0.15) is 58.6 Å². The van der Waals surface area contributed by atoms with Gasteiger partial charge in [-0.05, 0) is 35.8 Å². The lowest BCUT2D eigenvalue weighted by Gasteiger charge is -2.19. The van der Waals surface area contributed by atoms with Crippen LogP contribution in [-0.2, 0) is 6.42 Å². The van der Waals surface area contributed by atoms with Gasteiger partial charge in [0.15, 0.2) is 0 Å². The topological polar surface area (TPSA) is 0 Å². The first kappa shape index (κ1) is 14.2. The highest BCUT2D eigenvalue weighted by molar-refractivity contribution is 5.25. The quantitative estimate of drug-likeness (QED) is 0.648. The average Bonchev–Trinajstić information content (AvgIpc) is 2.19. The molecule has 0 aliphatic heterocycles. The van der Waals surface area contributed by atoms with Crippen LogP contribution in [0.15, 0.2) is 24.3 Å². The lowest BCUT2D eigenvalue weighted by atomic mass is 9.86. The van der Waals surface area contributed by atoms with Gasteiger partial charge < -0.3 is 0 Å². The minimum Gasteiger partial charge on any atom is -0.0776 e. The number of hydrogen-bond donors (Lipinski definition) is 0. The van der Waals surface area contributed by atoms with Crippen LogP contribution in [-0.4, -0.2) is 0 Å². The molecule has 0 nitrogen and oxygen atoms in total. The van der Waals surface area contributed by atoms with Gasteiger partial charge in [-0.2, -0.15) is 0 Å². The number of hydrogen-bond acceptors (Lipinski definition) is 0. The van der Waals surface area contributed by atoms with Crippen LogP contribution in [0.2, 0.25) is 0 Å². The molecule has 1 aromatic carbocycles. The summed E-state index contributed by atoms with van der Waals surface area (Å²) < 4.78 is 0. The first-order valence-corrected chi connectivity index (χ1v) is 5.77. The summed E-state index contributed by atoms with van der Waals surface area (Å²) in [7, 11) is 0. The van der Waals surface area contributed by atoms with Gasteiger partial charge in [0.25, 0.3) is 0 Å². The molecule has 15 heavy (non-hydrogen) atoms. The second-order valence-corrected chi connectivity index (χ2v) is 4.35. The van der Waals surface area contributed by atoms with E-state index in [1.54, 1.807) is 0 Å². The lowest BCUT2D eigenvalue weighted by molar-refractivity contribution is 0.485. The van der Waals surface area contributed by atoms with E-state index >= 15 is 0 Å². The van der Waals surface area contributed by atoms with E-state index in [4.69, 9.17) is 0 Å². The van der Waals surface area contributed by atoms with E-state index < -0.39 is 0 Å². The first-order chi connectivity index (χ1) is 6.69. The molecule has 0 saturated heterocycles. The predicted octanol–water partition coefficient (Wildman–Crippen LogP) is 5.03. The van der Waals surface area contributed by atoms with Crippen LogP contribution < -0.4 is 0 Å². The smallest absolute Gasteiger partial charge is 0.0141 e. The zero-order chi connectivity index (χ0) is 10.6. The van der Waals surface area contributed by atoms with E-state index in [0.29, 0.717) is 0 Å². The van der Waals surface area contributed by atoms with Crippen molar-refractivity contribution in [2.24, 2.45) is 5.92 Å². The molecule has 86 valence electrons. The van der Waals surface area contributed by atoms with Crippen LogP contribution in [0.25, 0.3) is 0 Å². The van der Waals surface area contributed by atoms with Crippen molar-refractivity contribution in [1.82, 2.24) is 0 Å². The zero-order valence-electron chi connectivity index (χ0n) is 9.88. The summed E-state index contributed by atoms with van der Waals surface area (Å²) in [6, 6.07) is 9.13. The Labute approximate surface area is 95.7 Å². The molecular weight excluding hydrogens is 180 g/mol. The molecule has 1 atom stereocenters. The van der Waals surface area contributed by atoms with Gasteiger partial charge in [-0.3, -0.25) is 0 Å². The average molecular weight is 206 g/mol. The zero-order valence-corrected chi connectivity index (χ0v) is 9.88. The summed E-state index contributed by atoms with van der Waals surface area (Å²) in [5, 5.41) is 0. The van der Waals surface area contributed by atoms with Gasteiger partial charge in [-0.1, -0.05) is 59.4 Å². The second kappa shape index (κ2) is 6.66. The third kappa shape index (κ3) is 3.70. The van der Waals surface area contributed by atoms with Crippen molar-refractivity contribution in [3.63, 3.8) is 0 Å². The van der Waals surface area contributed by atoms with Crippen molar-refractivity contribution < 1.29 is 0 Å². The Hall–Kier alpha value is -0.780. The third-order valence-corrected chi connectivity index (χ3v) is 3.06. The fourth-order valence-electron chi connectivity index (χ4n) is 2.09. The Morgan fingerprint density at radius 1 is 1.00 bits per heavy atom. The Morgan fingerprint density at radius 3 is 1.87 bits per heavy atom. The summed E-state index contributed by atoms with van der Waals surface area (Å²) in [6.45, 7) is 9.09. The molecule has 0 spiro atoms. The molecule has 0 heteroatoms. The van der Waals surface area contributed by atoms with Crippen LogP contribution in [0.3, 0.4) is 0 Å². The molecular formula is C15H26. The SMILES string of the molecule is C.CCc1ccc(C(CC)C(C)C)cc1. The van der Waals surface area contributed by atoms with E-state index in [1.807, 2.05) is 0 Å². The van der Waals surface area contributed by atoms with Gasteiger partial charge in [0.2, 0.25) is 0 Å². The van der Waals surface area contributed by atoms with Crippen LogP contribution in [0.4, 0.5) is 0 Å². The van der Waals surface area contributed by atoms with Crippen LogP contribution >= 0.6 is 0 Å². The van der Waals surface area contributed by atoms with Crippen molar-refractivity contribution in [3.8, 4) is 0 Å². The molecule has 0 saturated carbocycles. The summed E-state index contributed by atoms with van der Waals surface area (Å²) >= 11 is 0. The van der Waals surface area contributed by atoms with E-state index in [0.717, 1.165) is 18.3 Å². The van der Waals surface area contributed by atoms with E-state index in [9.17, 15) is 0 Å². The molecule has 0 aromatic heterocycles. The summed E-state index contributed by atoms with van der Waals surface area (Å²) in [5.41, 5.74) is 2.94. The third-order valence-electron chi connectivity index (χ3n) is 3.06. The maximum atomic E-state index is 2.31. The molecule has 0 amide bonds. The van der Waals surface area contributed by atoms with Gasteiger partial charge in [0.1, 0.15) is 0 Å². The molecule has 0 fully saturated rings. The van der Waals surface area contributed by atoms with Crippen molar-refractivity contribution in [3.05, 3.63) is 35.4 Å². The summed E-state index contributed by atoms with van der Waals surface area (Å²) in [6.07, 6.45) is 2.38. The largest absolute Gasteiger partial charge is 0.0776 e. The molecule has 1 aromatic rings. The molecule has 1 rings (SSSR count). The van der Waals surface area contributed by atoms with Gasteiger partial charge in [0, 0.05) is 0 Å². The highest BCUT2D eigenvalue weighted by Gasteiger charge is 2.12. The Bertz CT molecular complexity index is 256. The van der Waals surface area contributed by atoms with Gasteiger partial charge in [-0.25, -0.2) is 0 Å². The van der Waals surface area contributed by atoms with Crippen molar-refractivity contribution in [2.45, 2.75) is 53.9 Å². The number of aryl methyl sites for hydroxylation is 1. The number of rotatable bonds is 4. The van der Waals surface area contributed by atoms with Crippen molar-refractivity contribution in [1.29, 1.82) is 0 Å². The van der Waals surface area contributed by atoms with Crippen LogP contribution in [0, 0.1) is 5.92 Å². The maximum Gasteiger partial charge on any atom is -0.0141 e. The van der Waals surface area contributed by atoms with Gasteiger partial charge >= 0.3 is 0 Å². The Balaban J connectivity index is 0.00000196. The summed E-state index contributed by atoms with van der Waals surface area (Å²) in [4.78, 5) is 0. The molecule has 1 unspecified atom stereocenters. The summed E-state index contributed by atoms with van der Waals surface area (Å²) in [5.74, 6) is 1.47. The van der Waals surface area contributed by atoms with E-state index in [-0.39, 0.29) is 7.43 Å². The predicted molar refractivity (Wildman–Crippen MR) is 70.4 cm³/mol. The fourth-order valence-corrected chi connectivity index (χ4v) is 2.09.